The quantitative estimate of drug-likeness (QED) is 0.304. The molecule has 1 aromatic rings. The molecule has 0 fully saturated rings. The van der Waals surface area contributed by atoms with Crippen LogP contribution in [0.4, 0.5) is 26.3 Å². The summed E-state index contributed by atoms with van der Waals surface area (Å²) in [6.07, 6.45) is -10.1. The van der Waals surface area contributed by atoms with Gasteiger partial charge in [-0.2, -0.15) is 26.3 Å². The van der Waals surface area contributed by atoms with E-state index in [2.05, 4.69) is 9.99 Å². The lowest BCUT2D eigenvalue weighted by molar-refractivity contribution is -0.144. The molecule has 0 bridgehead atoms. The third-order valence-electron chi connectivity index (χ3n) is 2.42. The Kier molecular flexibility index (Phi) is 5.05. The lowest BCUT2D eigenvalue weighted by atomic mass is 10.0. The van der Waals surface area contributed by atoms with E-state index in [1.165, 1.54) is 6.92 Å². The Labute approximate surface area is 120 Å². The number of carbonyl (C=O) groups is 1. The van der Waals surface area contributed by atoms with Gasteiger partial charge in [0.2, 0.25) is 0 Å². The number of hydrogen-bond acceptors (Lipinski definition) is 3. The van der Waals surface area contributed by atoms with E-state index in [1.807, 2.05) is 0 Å². The zero-order valence-electron chi connectivity index (χ0n) is 11.0. The van der Waals surface area contributed by atoms with Gasteiger partial charge in [0.05, 0.1) is 11.1 Å². The molecule has 0 unspecified atom stereocenters. The van der Waals surface area contributed by atoms with Crippen molar-refractivity contribution in [1.82, 2.24) is 0 Å². The van der Waals surface area contributed by atoms with Crippen LogP contribution in [-0.2, 0) is 22.0 Å². The predicted octanol–water partition coefficient (Wildman–Crippen LogP) is 3.30. The SMILES string of the molecule is CCC(=O)ON=C(N)c1cc(C(F)(F)F)cc(C(F)(F)F)c1. The molecule has 0 aliphatic rings. The highest BCUT2D eigenvalue weighted by molar-refractivity contribution is 5.97. The minimum atomic E-state index is -5.00. The Balaban J connectivity index is 3.32. The van der Waals surface area contributed by atoms with E-state index in [9.17, 15) is 31.1 Å². The second kappa shape index (κ2) is 6.24. The van der Waals surface area contributed by atoms with Crippen LogP contribution in [0.2, 0.25) is 0 Å². The van der Waals surface area contributed by atoms with Crippen molar-refractivity contribution in [3.8, 4) is 0 Å². The van der Waals surface area contributed by atoms with E-state index in [1.54, 1.807) is 0 Å². The number of nitrogens with zero attached hydrogens (tertiary/aromatic N) is 1. The number of hydrogen-bond donors (Lipinski definition) is 1. The van der Waals surface area contributed by atoms with Crippen molar-refractivity contribution in [3.63, 3.8) is 0 Å². The van der Waals surface area contributed by atoms with E-state index in [0.29, 0.717) is 12.1 Å². The zero-order chi connectivity index (χ0) is 17.1. The van der Waals surface area contributed by atoms with Crippen LogP contribution in [0.1, 0.15) is 30.0 Å². The number of amidine groups is 1. The number of halogens is 6. The Morgan fingerprint density at radius 1 is 1.09 bits per heavy atom. The highest BCUT2D eigenvalue weighted by Crippen LogP contribution is 2.36. The van der Waals surface area contributed by atoms with Crippen molar-refractivity contribution >= 4 is 11.8 Å². The maximum absolute atomic E-state index is 12.6. The molecule has 10 heteroatoms. The van der Waals surface area contributed by atoms with Crippen LogP contribution in [0.3, 0.4) is 0 Å². The summed E-state index contributed by atoms with van der Waals surface area (Å²) in [6.45, 7) is 1.42. The minimum Gasteiger partial charge on any atom is -0.380 e. The van der Waals surface area contributed by atoms with Gasteiger partial charge in [-0.25, -0.2) is 4.79 Å². The highest BCUT2D eigenvalue weighted by atomic mass is 19.4. The molecule has 0 aliphatic carbocycles. The normalized spacial score (nSPS) is 13.1. The smallest absolute Gasteiger partial charge is 0.380 e. The third kappa shape index (κ3) is 4.64. The third-order valence-corrected chi connectivity index (χ3v) is 2.42. The van der Waals surface area contributed by atoms with Crippen molar-refractivity contribution in [2.45, 2.75) is 25.7 Å². The molecular formula is C12H10F6N2O2. The van der Waals surface area contributed by atoms with Gasteiger partial charge in [0.15, 0.2) is 5.84 Å². The van der Waals surface area contributed by atoms with Gasteiger partial charge in [-0.05, 0) is 18.2 Å². The maximum Gasteiger partial charge on any atom is 0.416 e. The summed E-state index contributed by atoms with van der Waals surface area (Å²) in [5, 5.41) is 3.02. The highest BCUT2D eigenvalue weighted by Gasteiger charge is 2.37. The first-order valence-corrected chi connectivity index (χ1v) is 5.78. The summed E-state index contributed by atoms with van der Waals surface area (Å²) < 4.78 is 75.8. The number of carbonyl (C=O) groups excluding carboxylic acids is 1. The van der Waals surface area contributed by atoms with Crippen LogP contribution in [0.15, 0.2) is 23.4 Å². The summed E-state index contributed by atoms with van der Waals surface area (Å²) in [5.74, 6) is -1.62. The van der Waals surface area contributed by atoms with Gasteiger partial charge in [-0.1, -0.05) is 12.1 Å². The van der Waals surface area contributed by atoms with Gasteiger partial charge in [-0.15, -0.1) is 0 Å². The molecule has 0 saturated carbocycles. The predicted molar refractivity (Wildman–Crippen MR) is 63.6 cm³/mol. The first kappa shape index (κ1) is 17.8. The van der Waals surface area contributed by atoms with Gasteiger partial charge in [0, 0.05) is 12.0 Å². The molecule has 0 amide bonds. The van der Waals surface area contributed by atoms with Gasteiger partial charge in [0.1, 0.15) is 0 Å². The monoisotopic (exact) mass is 328 g/mol. The molecule has 2 N–H and O–H groups in total. The molecule has 1 rings (SSSR count). The van der Waals surface area contributed by atoms with E-state index in [-0.39, 0.29) is 12.5 Å². The number of alkyl halides is 6. The summed E-state index contributed by atoms with van der Waals surface area (Å²) in [5.41, 5.74) is 1.51. The molecule has 22 heavy (non-hydrogen) atoms. The Hall–Kier alpha value is -2.26. The van der Waals surface area contributed by atoms with Crippen LogP contribution in [0.25, 0.3) is 0 Å². The summed E-state index contributed by atoms with van der Waals surface area (Å²) in [6, 6.07) is 0.719. The van der Waals surface area contributed by atoms with Crippen molar-refractivity contribution in [2.24, 2.45) is 10.9 Å². The largest absolute Gasteiger partial charge is 0.416 e. The summed E-state index contributed by atoms with van der Waals surface area (Å²) in [4.78, 5) is 15.1. The molecule has 0 atom stereocenters. The van der Waals surface area contributed by atoms with E-state index < -0.39 is 40.8 Å². The molecule has 1 aromatic carbocycles. The molecule has 0 saturated heterocycles. The van der Waals surface area contributed by atoms with Crippen molar-refractivity contribution in [1.29, 1.82) is 0 Å². The molecule has 0 heterocycles. The van der Waals surface area contributed by atoms with Crippen LogP contribution >= 0.6 is 0 Å². The van der Waals surface area contributed by atoms with Gasteiger partial charge in [0.25, 0.3) is 0 Å². The van der Waals surface area contributed by atoms with Crippen molar-refractivity contribution in [3.05, 3.63) is 34.9 Å². The molecule has 0 aliphatic heterocycles. The Morgan fingerprint density at radius 2 is 1.55 bits per heavy atom. The second-order valence-electron chi connectivity index (χ2n) is 4.09. The second-order valence-corrected chi connectivity index (χ2v) is 4.09. The van der Waals surface area contributed by atoms with E-state index in [4.69, 9.17) is 5.73 Å². The number of rotatable bonds is 3. The fourth-order valence-corrected chi connectivity index (χ4v) is 1.32. The minimum absolute atomic E-state index is 0.0468. The van der Waals surface area contributed by atoms with Gasteiger partial charge >= 0.3 is 18.3 Å². The first-order valence-electron chi connectivity index (χ1n) is 5.78. The molecule has 0 spiro atoms. The van der Waals surface area contributed by atoms with E-state index in [0.717, 1.165) is 0 Å². The van der Waals surface area contributed by atoms with Crippen LogP contribution in [0, 0.1) is 0 Å². The summed E-state index contributed by atoms with van der Waals surface area (Å²) >= 11 is 0. The lowest BCUT2D eigenvalue weighted by Crippen LogP contribution is -2.19. The Bertz CT molecular complexity index is 560. The topological polar surface area (TPSA) is 64.7 Å². The maximum atomic E-state index is 12.6. The zero-order valence-corrected chi connectivity index (χ0v) is 11.0. The molecule has 0 radical (unpaired) electrons. The Morgan fingerprint density at radius 3 is 1.91 bits per heavy atom. The average Bonchev–Trinajstić information content (AvgIpc) is 2.41. The number of benzene rings is 1. The first-order chi connectivity index (χ1) is 9.95. The van der Waals surface area contributed by atoms with Crippen LogP contribution in [-0.4, -0.2) is 11.8 Å². The fourth-order valence-electron chi connectivity index (χ4n) is 1.32. The van der Waals surface area contributed by atoms with E-state index >= 15 is 0 Å². The average molecular weight is 328 g/mol. The number of oxime groups is 1. The molecule has 0 aromatic heterocycles. The molecule has 122 valence electrons. The fraction of sp³-hybridized carbons (Fsp3) is 0.333. The van der Waals surface area contributed by atoms with Crippen LogP contribution in [0.5, 0.6) is 0 Å². The van der Waals surface area contributed by atoms with Crippen LogP contribution < -0.4 is 5.73 Å². The van der Waals surface area contributed by atoms with Gasteiger partial charge < -0.3 is 10.6 Å². The van der Waals surface area contributed by atoms with Crippen molar-refractivity contribution < 1.29 is 36.0 Å². The standard InChI is InChI=1S/C12H10F6N2O2/c1-2-9(21)22-20-10(19)6-3-7(11(13,14)15)5-8(4-6)12(16,17)18/h3-5H,2H2,1H3,(H2,19,20). The van der Waals surface area contributed by atoms with Crippen molar-refractivity contribution in [2.75, 3.05) is 0 Å². The molecule has 4 nitrogen and oxygen atoms in total. The lowest BCUT2D eigenvalue weighted by Gasteiger charge is -2.13. The molecular weight excluding hydrogens is 318 g/mol. The summed E-state index contributed by atoms with van der Waals surface area (Å²) in [7, 11) is 0. The van der Waals surface area contributed by atoms with Gasteiger partial charge in [-0.3, -0.25) is 0 Å². The number of nitrogens with two attached hydrogens (primary N) is 1.